The second-order valence-corrected chi connectivity index (χ2v) is 5.21. The lowest BCUT2D eigenvalue weighted by Gasteiger charge is -2.07. The van der Waals surface area contributed by atoms with Crippen LogP contribution in [-0.2, 0) is 20.1 Å². The molecular weight excluding hydrogens is 288 g/mol. The number of carbonyl (C=O) groups excluding carboxylic acids is 1. The Hall–Kier alpha value is -1.85. The zero-order valence-electron chi connectivity index (χ0n) is 12.4. The Morgan fingerprint density at radius 3 is 2.67 bits per heavy atom. The molecule has 21 heavy (non-hydrogen) atoms. The van der Waals surface area contributed by atoms with E-state index >= 15 is 0 Å². The molecule has 2 heterocycles. The molecule has 1 amide bonds. The first-order chi connectivity index (χ1) is 9.56. The molecule has 0 unspecified atom stereocenters. The molecule has 0 atom stereocenters. The van der Waals surface area contributed by atoms with Crippen LogP contribution in [0.5, 0.6) is 0 Å². The highest BCUT2D eigenvalue weighted by molar-refractivity contribution is 6.05. The highest BCUT2D eigenvalue weighted by atomic mass is 35.5. The first-order valence-corrected chi connectivity index (χ1v) is 6.70. The topological polar surface area (TPSA) is 59.0 Å². The van der Waals surface area contributed by atoms with Crippen LogP contribution in [0.25, 0.3) is 0 Å². The minimum atomic E-state index is -0.0844. The molecule has 1 aliphatic heterocycles. The van der Waals surface area contributed by atoms with Gasteiger partial charge in [-0.3, -0.25) is 9.48 Å². The molecule has 6 heteroatoms. The SMILES string of the molecule is Cc1nn(C)c(C)c1NC(=O)c1ccc2c(c1)CNC2.Cl. The van der Waals surface area contributed by atoms with Crippen LogP contribution in [0, 0.1) is 13.8 Å². The predicted molar refractivity (Wildman–Crippen MR) is 84.9 cm³/mol. The standard InChI is InChI=1S/C15H18N4O.ClH/c1-9-14(10(2)19(3)18-9)17-15(20)11-4-5-12-7-16-8-13(12)6-11;/h4-6,16H,7-8H2,1-3H3,(H,17,20);1H. The molecule has 0 fully saturated rings. The Balaban J connectivity index is 0.00000161. The lowest BCUT2D eigenvalue weighted by atomic mass is 10.1. The van der Waals surface area contributed by atoms with Gasteiger partial charge in [0.1, 0.15) is 0 Å². The first kappa shape index (κ1) is 15.5. The molecule has 0 radical (unpaired) electrons. The van der Waals surface area contributed by atoms with E-state index in [-0.39, 0.29) is 18.3 Å². The number of hydrogen-bond acceptors (Lipinski definition) is 3. The van der Waals surface area contributed by atoms with Crippen molar-refractivity contribution in [3.63, 3.8) is 0 Å². The van der Waals surface area contributed by atoms with E-state index in [0.717, 1.165) is 30.2 Å². The quantitative estimate of drug-likeness (QED) is 0.895. The van der Waals surface area contributed by atoms with Gasteiger partial charge in [-0.2, -0.15) is 5.10 Å². The average Bonchev–Trinajstić information content (AvgIpc) is 2.98. The third kappa shape index (κ3) is 2.80. The van der Waals surface area contributed by atoms with E-state index in [1.54, 1.807) is 4.68 Å². The summed E-state index contributed by atoms with van der Waals surface area (Å²) in [4.78, 5) is 12.4. The maximum absolute atomic E-state index is 12.4. The third-order valence-corrected chi connectivity index (χ3v) is 3.85. The van der Waals surface area contributed by atoms with E-state index in [2.05, 4.69) is 15.7 Å². The fraction of sp³-hybridized carbons (Fsp3) is 0.333. The van der Waals surface area contributed by atoms with Crippen molar-refractivity contribution in [1.29, 1.82) is 0 Å². The van der Waals surface area contributed by atoms with Crippen LogP contribution >= 0.6 is 12.4 Å². The van der Waals surface area contributed by atoms with E-state index < -0.39 is 0 Å². The molecule has 112 valence electrons. The van der Waals surface area contributed by atoms with E-state index in [9.17, 15) is 4.79 Å². The molecule has 1 aliphatic rings. The lowest BCUT2D eigenvalue weighted by molar-refractivity contribution is 0.102. The van der Waals surface area contributed by atoms with Gasteiger partial charge in [0.2, 0.25) is 0 Å². The third-order valence-electron chi connectivity index (χ3n) is 3.85. The second-order valence-electron chi connectivity index (χ2n) is 5.21. The molecule has 3 rings (SSSR count). The zero-order chi connectivity index (χ0) is 14.3. The molecule has 1 aromatic carbocycles. The summed E-state index contributed by atoms with van der Waals surface area (Å²) in [5.74, 6) is -0.0844. The smallest absolute Gasteiger partial charge is 0.255 e. The summed E-state index contributed by atoms with van der Waals surface area (Å²) in [7, 11) is 1.87. The summed E-state index contributed by atoms with van der Waals surface area (Å²) < 4.78 is 1.78. The molecule has 2 N–H and O–H groups in total. The number of anilines is 1. The van der Waals surface area contributed by atoms with Crippen LogP contribution < -0.4 is 10.6 Å². The van der Waals surface area contributed by atoms with Crippen LogP contribution in [0.2, 0.25) is 0 Å². The first-order valence-electron chi connectivity index (χ1n) is 6.70. The van der Waals surface area contributed by atoms with E-state index in [0.29, 0.717) is 5.56 Å². The average molecular weight is 307 g/mol. The zero-order valence-corrected chi connectivity index (χ0v) is 13.2. The number of nitrogens with zero attached hydrogens (tertiary/aromatic N) is 2. The molecular formula is C15H19ClN4O. The van der Waals surface area contributed by atoms with E-state index in [4.69, 9.17) is 0 Å². The van der Waals surface area contributed by atoms with Gasteiger partial charge in [-0.1, -0.05) is 6.07 Å². The number of carbonyl (C=O) groups is 1. The fourth-order valence-corrected chi connectivity index (χ4v) is 2.58. The van der Waals surface area contributed by atoms with E-state index in [1.165, 1.54) is 11.1 Å². The highest BCUT2D eigenvalue weighted by Gasteiger charge is 2.16. The lowest BCUT2D eigenvalue weighted by Crippen LogP contribution is -2.13. The number of fused-ring (bicyclic) bond motifs is 1. The molecule has 2 aromatic rings. The van der Waals surface area contributed by atoms with Gasteiger partial charge in [0.05, 0.1) is 17.1 Å². The maximum atomic E-state index is 12.4. The molecule has 5 nitrogen and oxygen atoms in total. The van der Waals surface area contributed by atoms with Gasteiger partial charge in [-0.15, -0.1) is 12.4 Å². The van der Waals surface area contributed by atoms with Gasteiger partial charge in [-0.25, -0.2) is 0 Å². The number of aryl methyl sites for hydroxylation is 2. The summed E-state index contributed by atoms with van der Waals surface area (Å²) in [5.41, 5.74) is 5.76. The maximum Gasteiger partial charge on any atom is 0.255 e. The van der Waals surface area contributed by atoms with Gasteiger partial charge < -0.3 is 10.6 Å². The van der Waals surface area contributed by atoms with Crippen molar-refractivity contribution in [2.45, 2.75) is 26.9 Å². The minimum Gasteiger partial charge on any atom is -0.319 e. The van der Waals surface area contributed by atoms with Gasteiger partial charge in [-0.05, 0) is 37.1 Å². The van der Waals surface area contributed by atoms with Crippen LogP contribution in [0.1, 0.15) is 32.9 Å². The number of amides is 1. The van der Waals surface area contributed by atoms with Crippen LogP contribution in [0.15, 0.2) is 18.2 Å². The summed E-state index contributed by atoms with van der Waals surface area (Å²) in [6, 6.07) is 5.86. The molecule has 0 bridgehead atoms. The number of aromatic nitrogens is 2. The number of hydrogen-bond donors (Lipinski definition) is 2. The number of benzene rings is 1. The number of nitrogens with one attached hydrogen (secondary N) is 2. The predicted octanol–water partition coefficient (Wildman–Crippen LogP) is 2.31. The van der Waals surface area contributed by atoms with Crippen molar-refractivity contribution < 1.29 is 4.79 Å². The van der Waals surface area contributed by atoms with E-state index in [1.807, 2.05) is 39.1 Å². The number of halogens is 1. The minimum absolute atomic E-state index is 0. The van der Waals surface area contributed by atoms with Gasteiger partial charge in [0.25, 0.3) is 5.91 Å². The highest BCUT2D eigenvalue weighted by Crippen LogP contribution is 2.21. The Bertz CT molecular complexity index is 693. The summed E-state index contributed by atoms with van der Waals surface area (Å²) >= 11 is 0. The van der Waals surface area contributed by atoms with Crippen molar-refractivity contribution in [3.05, 3.63) is 46.3 Å². The van der Waals surface area contributed by atoms with Crippen molar-refractivity contribution in [3.8, 4) is 0 Å². The van der Waals surface area contributed by atoms with Gasteiger partial charge in [0.15, 0.2) is 0 Å². The largest absolute Gasteiger partial charge is 0.319 e. The second kappa shape index (κ2) is 5.87. The summed E-state index contributed by atoms with van der Waals surface area (Å²) in [6.07, 6.45) is 0. The Kier molecular flexibility index (Phi) is 4.34. The molecule has 0 saturated carbocycles. The molecule has 0 saturated heterocycles. The van der Waals surface area contributed by atoms with Gasteiger partial charge >= 0.3 is 0 Å². The van der Waals surface area contributed by atoms with Crippen molar-refractivity contribution in [2.75, 3.05) is 5.32 Å². The summed E-state index contributed by atoms with van der Waals surface area (Å²) in [6.45, 7) is 5.57. The molecule has 0 aliphatic carbocycles. The Labute approximate surface area is 130 Å². The molecule has 0 spiro atoms. The van der Waals surface area contributed by atoms with Crippen LogP contribution in [0.4, 0.5) is 5.69 Å². The monoisotopic (exact) mass is 306 g/mol. The normalized spacial score (nSPS) is 12.7. The van der Waals surface area contributed by atoms with Crippen LogP contribution in [0.3, 0.4) is 0 Å². The Morgan fingerprint density at radius 1 is 1.29 bits per heavy atom. The van der Waals surface area contributed by atoms with Crippen molar-refractivity contribution >= 4 is 24.0 Å². The van der Waals surface area contributed by atoms with Gasteiger partial charge in [0, 0.05) is 25.7 Å². The number of rotatable bonds is 2. The van der Waals surface area contributed by atoms with Crippen molar-refractivity contribution in [1.82, 2.24) is 15.1 Å². The summed E-state index contributed by atoms with van der Waals surface area (Å²) in [5, 5.41) is 10.6. The van der Waals surface area contributed by atoms with Crippen LogP contribution in [-0.4, -0.2) is 15.7 Å². The Morgan fingerprint density at radius 2 is 2.00 bits per heavy atom. The fourth-order valence-electron chi connectivity index (χ4n) is 2.58. The van der Waals surface area contributed by atoms with Crippen molar-refractivity contribution in [2.24, 2.45) is 7.05 Å². The molecule has 1 aromatic heterocycles.